The number of carbonyl (C=O) groups is 3. The Kier molecular flexibility index (Phi) is 14.0. The lowest BCUT2D eigenvalue weighted by Crippen LogP contribution is -2.51. The van der Waals surface area contributed by atoms with Crippen molar-refractivity contribution in [1.82, 2.24) is 14.7 Å². The van der Waals surface area contributed by atoms with Crippen molar-refractivity contribution in [2.24, 2.45) is 5.92 Å². The van der Waals surface area contributed by atoms with E-state index < -0.39 is 29.3 Å². The molecule has 2 fully saturated rings. The van der Waals surface area contributed by atoms with Gasteiger partial charge < -0.3 is 33.6 Å². The molecule has 2 atom stereocenters. The first-order chi connectivity index (χ1) is 26.3. The lowest BCUT2D eigenvalue weighted by molar-refractivity contribution is -0.139. The van der Waals surface area contributed by atoms with Gasteiger partial charge in [-0.2, -0.15) is 0 Å². The highest BCUT2D eigenvalue weighted by molar-refractivity contribution is 6.37. The van der Waals surface area contributed by atoms with Crippen molar-refractivity contribution < 1.29 is 33.3 Å². The zero-order valence-corrected chi connectivity index (χ0v) is 35.9. The summed E-state index contributed by atoms with van der Waals surface area (Å²) in [5, 5.41) is 1.43. The molecule has 3 aromatic carbocycles. The second kappa shape index (κ2) is 18.2. The van der Waals surface area contributed by atoms with Crippen LogP contribution >= 0.6 is 34.8 Å². The normalized spacial score (nSPS) is 17.2. The van der Waals surface area contributed by atoms with Gasteiger partial charge in [0.1, 0.15) is 30.2 Å². The van der Waals surface area contributed by atoms with Crippen LogP contribution in [0.25, 0.3) is 0 Å². The van der Waals surface area contributed by atoms with Crippen LogP contribution in [0.15, 0.2) is 54.6 Å². The number of nitrogens with zero attached hydrogens (tertiary/aromatic N) is 3. The molecular weight excluding hydrogens is 777 g/mol. The lowest BCUT2D eigenvalue weighted by atomic mass is 9.79. The molecular formula is C43H54Cl3N3O7. The molecule has 0 radical (unpaired) electrons. The molecule has 0 unspecified atom stereocenters. The quantitative estimate of drug-likeness (QED) is 0.168. The van der Waals surface area contributed by atoms with Crippen molar-refractivity contribution in [1.29, 1.82) is 0 Å². The Hall–Kier alpha value is -3.86. The molecule has 1 saturated heterocycles. The van der Waals surface area contributed by atoms with Crippen LogP contribution < -0.4 is 9.47 Å². The van der Waals surface area contributed by atoms with Crippen LogP contribution in [0.5, 0.6) is 11.5 Å². The molecule has 2 aliphatic rings. The van der Waals surface area contributed by atoms with Gasteiger partial charge in [-0.1, -0.05) is 59.1 Å². The highest BCUT2D eigenvalue weighted by Gasteiger charge is 2.43. The molecule has 1 aliphatic carbocycles. The van der Waals surface area contributed by atoms with E-state index in [4.69, 9.17) is 53.8 Å². The second-order valence-corrected chi connectivity index (χ2v) is 17.9. The summed E-state index contributed by atoms with van der Waals surface area (Å²) in [5.41, 5.74) is 2.29. The number of ether oxygens (including phenoxy) is 4. The fraction of sp³-hybridized carbons (Fsp3) is 0.512. The highest BCUT2D eigenvalue weighted by Crippen LogP contribution is 2.39. The number of amides is 3. The smallest absolute Gasteiger partial charge is 0.410 e. The summed E-state index contributed by atoms with van der Waals surface area (Å²) in [4.78, 5) is 45.9. The van der Waals surface area contributed by atoms with E-state index in [1.165, 1.54) is 4.90 Å². The van der Waals surface area contributed by atoms with Crippen LogP contribution in [-0.2, 0) is 27.4 Å². The Balaban J connectivity index is 1.32. The van der Waals surface area contributed by atoms with E-state index in [-0.39, 0.29) is 37.6 Å². The molecule has 13 heteroatoms. The molecule has 1 saturated carbocycles. The number of aryl methyl sites for hydroxylation is 1. The maximum atomic E-state index is 14.8. The zero-order chi connectivity index (χ0) is 40.9. The van der Waals surface area contributed by atoms with Crippen LogP contribution in [0, 0.1) is 12.8 Å². The first kappa shape index (κ1) is 43.3. The highest BCUT2D eigenvalue weighted by atomic mass is 35.5. The predicted molar refractivity (Wildman–Crippen MR) is 220 cm³/mol. The number of piperidine rings is 1. The third kappa shape index (κ3) is 12.1. The SMILES string of the molecule is Cc1cc(Cl)c(OCCOc2ccc([C@H]3CCN(C(=O)OC(C)(C)C)C[C@@H]3C(=O)N(Cc3cc(CN(C)C(=O)OC(C)(C)C)ccc3Cl)C3CC3)cc2)c(Cl)c1. The Morgan fingerprint density at radius 1 is 0.786 bits per heavy atom. The van der Waals surface area contributed by atoms with Crippen molar-refractivity contribution >= 4 is 52.9 Å². The summed E-state index contributed by atoms with van der Waals surface area (Å²) in [6.07, 6.45) is 1.48. The Bertz CT molecular complexity index is 1850. The number of carbonyl (C=O) groups excluding carboxylic acids is 3. The number of hydrogen-bond acceptors (Lipinski definition) is 7. The monoisotopic (exact) mass is 829 g/mol. The third-order valence-electron chi connectivity index (χ3n) is 9.48. The lowest BCUT2D eigenvalue weighted by Gasteiger charge is -2.40. The average molecular weight is 831 g/mol. The first-order valence-corrected chi connectivity index (χ1v) is 20.2. The molecule has 5 rings (SSSR count). The van der Waals surface area contributed by atoms with E-state index in [0.29, 0.717) is 52.6 Å². The number of likely N-dealkylation sites (tertiary alicyclic amines) is 1. The predicted octanol–water partition coefficient (Wildman–Crippen LogP) is 10.3. The fourth-order valence-corrected chi connectivity index (χ4v) is 7.61. The molecule has 1 aliphatic heterocycles. The first-order valence-electron chi connectivity index (χ1n) is 19.1. The Morgan fingerprint density at radius 2 is 1.41 bits per heavy atom. The van der Waals surface area contributed by atoms with Gasteiger partial charge in [-0.15, -0.1) is 0 Å². The minimum absolute atomic E-state index is 0.0380. The van der Waals surface area contributed by atoms with Gasteiger partial charge in [0.05, 0.1) is 16.0 Å². The molecule has 0 spiro atoms. The van der Waals surface area contributed by atoms with Crippen molar-refractivity contribution in [3.8, 4) is 11.5 Å². The standard InChI is InChI=1S/C43H54Cl3N3O7/c1-27-21-36(45)38(37(46)22-27)54-20-19-53-32-14-10-29(11-15-32)33-17-18-48(41(52)56-43(5,6)7)26-34(33)39(50)49(31-12-13-31)25-30-23-28(9-16-35(30)44)24-47(8)40(51)55-42(2,3)4/h9-11,14-16,21-23,31,33-34H,12-13,17-20,24-26H2,1-8H3/t33-,34+/m1/s1. The largest absolute Gasteiger partial charge is 0.490 e. The minimum atomic E-state index is -0.674. The van der Waals surface area contributed by atoms with Gasteiger partial charge in [-0.3, -0.25) is 4.79 Å². The van der Waals surface area contributed by atoms with E-state index in [0.717, 1.165) is 35.1 Å². The van der Waals surface area contributed by atoms with Gasteiger partial charge in [0, 0.05) is 44.3 Å². The summed E-state index contributed by atoms with van der Waals surface area (Å²) in [5.74, 6) is 0.353. The molecule has 1 heterocycles. The summed E-state index contributed by atoms with van der Waals surface area (Å²) in [6, 6.07) is 17.0. The Labute approximate surface area is 346 Å². The number of halogens is 3. The number of rotatable bonds is 12. The van der Waals surface area contributed by atoms with Gasteiger partial charge in [0.25, 0.3) is 0 Å². The average Bonchev–Trinajstić information content (AvgIpc) is 3.95. The molecule has 0 N–H and O–H groups in total. The van der Waals surface area contributed by atoms with Gasteiger partial charge in [-0.25, -0.2) is 9.59 Å². The fourth-order valence-electron chi connectivity index (χ4n) is 6.73. The van der Waals surface area contributed by atoms with E-state index in [1.807, 2.05) is 89.8 Å². The maximum Gasteiger partial charge on any atom is 0.410 e. The van der Waals surface area contributed by atoms with Gasteiger partial charge >= 0.3 is 12.2 Å². The summed E-state index contributed by atoms with van der Waals surface area (Å²) in [7, 11) is 1.69. The molecule has 56 heavy (non-hydrogen) atoms. The molecule has 304 valence electrons. The second-order valence-electron chi connectivity index (χ2n) is 16.7. The van der Waals surface area contributed by atoms with Gasteiger partial charge in [0.15, 0.2) is 5.75 Å². The summed E-state index contributed by atoms with van der Waals surface area (Å²) in [6.45, 7) is 14.7. The molecule has 3 amide bonds. The maximum absolute atomic E-state index is 14.8. The molecule has 3 aromatic rings. The van der Waals surface area contributed by atoms with Crippen LogP contribution in [0.1, 0.15) is 89.0 Å². The molecule has 10 nitrogen and oxygen atoms in total. The van der Waals surface area contributed by atoms with Crippen molar-refractivity contribution in [2.75, 3.05) is 33.4 Å². The van der Waals surface area contributed by atoms with Crippen molar-refractivity contribution in [3.63, 3.8) is 0 Å². The van der Waals surface area contributed by atoms with Gasteiger partial charge in [-0.05, 0) is 126 Å². The molecule has 0 aromatic heterocycles. The van der Waals surface area contributed by atoms with Crippen LogP contribution in [0.4, 0.5) is 9.59 Å². The summed E-state index contributed by atoms with van der Waals surface area (Å²) < 4.78 is 23.0. The van der Waals surface area contributed by atoms with Gasteiger partial charge in [0.2, 0.25) is 5.91 Å². The van der Waals surface area contributed by atoms with E-state index in [2.05, 4.69) is 0 Å². The number of benzene rings is 3. The van der Waals surface area contributed by atoms with Crippen molar-refractivity contribution in [2.45, 2.75) is 104 Å². The minimum Gasteiger partial charge on any atom is -0.490 e. The topological polar surface area (TPSA) is 97.8 Å². The third-order valence-corrected chi connectivity index (χ3v) is 10.4. The van der Waals surface area contributed by atoms with Crippen LogP contribution in [0.3, 0.4) is 0 Å². The van der Waals surface area contributed by atoms with Crippen LogP contribution in [0.2, 0.25) is 15.1 Å². The number of hydrogen-bond donors (Lipinski definition) is 0. The summed E-state index contributed by atoms with van der Waals surface area (Å²) >= 11 is 19.4. The Morgan fingerprint density at radius 3 is 2.02 bits per heavy atom. The van der Waals surface area contributed by atoms with Crippen LogP contribution in [-0.4, -0.2) is 83.4 Å². The van der Waals surface area contributed by atoms with E-state index in [9.17, 15) is 14.4 Å². The van der Waals surface area contributed by atoms with Crippen molar-refractivity contribution in [3.05, 3.63) is 91.9 Å². The zero-order valence-electron chi connectivity index (χ0n) is 33.6. The van der Waals surface area contributed by atoms with E-state index >= 15 is 0 Å². The van der Waals surface area contributed by atoms with E-state index in [1.54, 1.807) is 30.1 Å². The molecule has 0 bridgehead atoms.